The van der Waals surface area contributed by atoms with Gasteiger partial charge in [-0.1, -0.05) is 19.8 Å². The van der Waals surface area contributed by atoms with Gasteiger partial charge in [0, 0.05) is 12.8 Å². The van der Waals surface area contributed by atoms with E-state index in [1.54, 1.807) is 0 Å². The van der Waals surface area contributed by atoms with Gasteiger partial charge in [0.15, 0.2) is 6.17 Å². The minimum Gasteiger partial charge on any atom is -0.462 e. The van der Waals surface area contributed by atoms with Crippen LogP contribution in [0.15, 0.2) is 0 Å². The maximum absolute atomic E-state index is 14.7. The van der Waals surface area contributed by atoms with E-state index in [1.807, 2.05) is 0 Å². The molecule has 156 valence electrons. The number of esters is 1. The second-order valence-corrected chi connectivity index (χ2v) is 8.82. The van der Waals surface area contributed by atoms with Crippen molar-refractivity contribution in [3.8, 4) is 0 Å². The summed E-state index contributed by atoms with van der Waals surface area (Å²) in [5.74, 6) is -1.79. The fourth-order valence-electron chi connectivity index (χ4n) is 5.06. The lowest BCUT2D eigenvalue weighted by molar-refractivity contribution is -0.168. The van der Waals surface area contributed by atoms with Gasteiger partial charge in [0.2, 0.25) is 0 Å². The molecule has 0 saturated heterocycles. The fraction of sp³-hybridized carbons (Fsp3) is 0.950. The average molecular weight is 396 g/mol. The SMILES string of the molecule is CC1CCC(C2CC(F)C(C(=O)OC3CC(F)C(F)C(F)C3)C(F)C2)CC1. The van der Waals surface area contributed by atoms with Crippen molar-refractivity contribution in [3.63, 3.8) is 0 Å². The molecule has 4 atom stereocenters. The lowest BCUT2D eigenvalue weighted by Gasteiger charge is -2.40. The van der Waals surface area contributed by atoms with Crippen LogP contribution in [-0.2, 0) is 9.53 Å². The van der Waals surface area contributed by atoms with Crippen molar-refractivity contribution >= 4 is 5.97 Å². The highest BCUT2D eigenvalue weighted by Gasteiger charge is 2.47. The molecule has 0 radical (unpaired) electrons. The van der Waals surface area contributed by atoms with Crippen LogP contribution in [0.1, 0.15) is 58.3 Å². The first kappa shape index (κ1) is 20.8. The summed E-state index contributed by atoms with van der Waals surface area (Å²) >= 11 is 0. The molecule has 3 aliphatic rings. The molecule has 0 N–H and O–H groups in total. The van der Waals surface area contributed by atoms with Crippen LogP contribution in [-0.4, -0.2) is 42.9 Å². The lowest BCUT2D eigenvalue weighted by atomic mass is 9.68. The minimum atomic E-state index is -2.24. The quantitative estimate of drug-likeness (QED) is 0.482. The number of ether oxygens (including phenoxy) is 1. The maximum atomic E-state index is 14.7. The molecule has 3 fully saturated rings. The number of alkyl halides is 5. The van der Waals surface area contributed by atoms with Crippen molar-refractivity contribution < 1.29 is 31.5 Å². The third-order valence-electron chi connectivity index (χ3n) is 6.78. The molecule has 0 aromatic heterocycles. The Bertz CT molecular complexity index is 487. The number of hydrogen-bond acceptors (Lipinski definition) is 2. The molecule has 0 aliphatic heterocycles. The third-order valence-corrected chi connectivity index (χ3v) is 6.78. The molecule has 4 unspecified atom stereocenters. The average Bonchev–Trinajstić information content (AvgIpc) is 2.59. The largest absolute Gasteiger partial charge is 0.462 e. The minimum absolute atomic E-state index is 0.0843. The molecule has 27 heavy (non-hydrogen) atoms. The summed E-state index contributed by atoms with van der Waals surface area (Å²) in [5, 5.41) is 0. The molecule has 3 rings (SSSR count). The normalized spacial score (nSPS) is 48.8. The van der Waals surface area contributed by atoms with Crippen molar-refractivity contribution in [2.75, 3.05) is 0 Å². The van der Waals surface area contributed by atoms with Gasteiger partial charge in [-0.25, -0.2) is 22.0 Å². The van der Waals surface area contributed by atoms with E-state index < -0.39 is 61.7 Å². The zero-order chi connectivity index (χ0) is 19.7. The molecule has 3 saturated carbocycles. The van der Waals surface area contributed by atoms with Gasteiger partial charge in [0.05, 0.1) is 0 Å². The Kier molecular flexibility index (Phi) is 6.67. The molecule has 2 nitrogen and oxygen atoms in total. The van der Waals surface area contributed by atoms with Crippen molar-refractivity contribution in [2.45, 2.75) is 95.3 Å². The predicted octanol–water partition coefficient (Wildman–Crippen LogP) is 5.24. The van der Waals surface area contributed by atoms with E-state index in [0.717, 1.165) is 25.7 Å². The zero-order valence-electron chi connectivity index (χ0n) is 15.6. The zero-order valence-corrected chi connectivity index (χ0v) is 15.6. The van der Waals surface area contributed by atoms with Crippen molar-refractivity contribution in [2.24, 2.45) is 23.7 Å². The Labute approximate surface area is 157 Å². The van der Waals surface area contributed by atoms with Crippen LogP contribution >= 0.6 is 0 Å². The monoisotopic (exact) mass is 396 g/mol. The standard InChI is InChI=1S/C20H29F5O2/c1-10-2-4-11(5-3-10)12-6-14(21)18(15(22)7-12)20(26)27-13-8-16(23)19(25)17(24)9-13/h10-19H,2-9H2,1H3. The summed E-state index contributed by atoms with van der Waals surface area (Å²) in [5.41, 5.74) is 0. The highest BCUT2D eigenvalue weighted by Crippen LogP contribution is 2.44. The van der Waals surface area contributed by atoms with E-state index in [1.165, 1.54) is 0 Å². The van der Waals surface area contributed by atoms with Crippen molar-refractivity contribution in [1.29, 1.82) is 0 Å². The van der Waals surface area contributed by atoms with E-state index in [0.29, 0.717) is 5.92 Å². The van der Waals surface area contributed by atoms with E-state index in [9.17, 15) is 26.7 Å². The topological polar surface area (TPSA) is 26.3 Å². The number of carbonyl (C=O) groups excluding carboxylic acids is 1. The number of halogens is 5. The molecule has 0 heterocycles. The number of hydrogen-bond donors (Lipinski definition) is 0. The summed E-state index contributed by atoms with van der Waals surface area (Å²) < 4.78 is 74.4. The van der Waals surface area contributed by atoms with Gasteiger partial charge < -0.3 is 4.74 Å². The first-order valence-electron chi connectivity index (χ1n) is 10.2. The molecular weight excluding hydrogens is 367 g/mol. The molecule has 0 aromatic rings. The van der Waals surface area contributed by atoms with E-state index in [2.05, 4.69) is 6.92 Å². The molecule has 0 spiro atoms. The van der Waals surface area contributed by atoms with Gasteiger partial charge in [-0.2, -0.15) is 0 Å². The first-order valence-corrected chi connectivity index (χ1v) is 10.2. The summed E-state index contributed by atoms with van der Waals surface area (Å²) in [4.78, 5) is 12.3. The predicted molar refractivity (Wildman–Crippen MR) is 90.9 cm³/mol. The van der Waals surface area contributed by atoms with Gasteiger partial charge >= 0.3 is 5.97 Å². The molecular formula is C20H29F5O2. The molecule has 3 aliphatic carbocycles. The highest BCUT2D eigenvalue weighted by atomic mass is 19.2. The van der Waals surface area contributed by atoms with Crippen LogP contribution in [0.5, 0.6) is 0 Å². The molecule has 0 bridgehead atoms. The van der Waals surface area contributed by atoms with E-state index in [4.69, 9.17) is 4.74 Å². The Balaban J connectivity index is 1.55. The van der Waals surface area contributed by atoms with Gasteiger partial charge in [-0.15, -0.1) is 0 Å². The van der Waals surface area contributed by atoms with Crippen molar-refractivity contribution in [3.05, 3.63) is 0 Å². The Morgan fingerprint density at radius 1 is 0.741 bits per heavy atom. The highest BCUT2D eigenvalue weighted by molar-refractivity contribution is 5.74. The number of rotatable bonds is 3. The molecule has 7 heteroatoms. The van der Waals surface area contributed by atoms with Gasteiger partial charge in [0.1, 0.15) is 36.7 Å². The van der Waals surface area contributed by atoms with Crippen LogP contribution in [0.3, 0.4) is 0 Å². The van der Waals surface area contributed by atoms with Gasteiger partial charge in [-0.3, -0.25) is 4.79 Å². The van der Waals surface area contributed by atoms with Crippen LogP contribution in [0.4, 0.5) is 22.0 Å². The summed E-state index contributed by atoms with van der Waals surface area (Å²) in [6, 6.07) is 0. The summed E-state index contributed by atoms with van der Waals surface area (Å²) in [6.45, 7) is 2.18. The lowest BCUT2D eigenvalue weighted by Crippen LogP contribution is -2.46. The van der Waals surface area contributed by atoms with Gasteiger partial charge in [-0.05, 0) is 43.4 Å². The fourth-order valence-corrected chi connectivity index (χ4v) is 5.06. The van der Waals surface area contributed by atoms with Crippen LogP contribution in [0.2, 0.25) is 0 Å². The van der Waals surface area contributed by atoms with Crippen LogP contribution < -0.4 is 0 Å². The Hall–Kier alpha value is -0.880. The second-order valence-electron chi connectivity index (χ2n) is 8.82. The second kappa shape index (κ2) is 8.64. The Morgan fingerprint density at radius 3 is 1.78 bits per heavy atom. The third kappa shape index (κ3) is 4.76. The Morgan fingerprint density at radius 2 is 1.26 bits per heavy atom. The van der Waals surface area contributed by atoms with Crippen molar-refractivity contribution in [1.82, 2.24) is 0 Å². The first-order chi connectivity index (χ1) is 12.8. The summed E-state index contributed by atoms with van der Waals surface area (Å²) in [6.07, 6.45) is -7.55. The maximum Gasteiger partial charge on any atom is 0.315 e. The van der Waals surface area contributed by atoms with E-state index >= 15 is 0 Å². The molecule has 0 aromatic carbocycles. The van der Waals surface area contributed by atoms with Crippen LogP contribution in [0, 0.1) is 23.7 Å². The molecule has 0 amide bonds. The van der Waals surface area contributed by atoms with E-state index in [-0.39, 0.29) is 24.7 Å². The smallest absolute Gasteiger partial charge is 0.315 e. The summed E-state index contributed by atoms with van der Waals surface area (Å²) in [7, 11) is 0. The van der Waals surface area contributed by atoms with Gasteiger partial charge in [0.25, 0.3) is 0 Å². The number of carbonyl (C=O) groups is 1. The van der Waals surface area contributed by atoms with Crippen LogP contribution in [0.25, 0.3) is 0 Å².